The lowest BCUT2D eigenvalue weighted by Gasteiger charge is -2.19. The van der Waals surface area contributed by atoms with Crippen LogP contribution in [0.2, 0.25) is 0 Å². The smallest absolute Gasteiger partial charge is 0.191 e. The zero-order valence-corrected chi connectivity index (χ0v) is 17.5. The highest BCUT2D eigenvalue weighted by Crippen LogP contribution is 2.10. The molecule has 25 heavy (non-hydrogen) atoms. The molecule has 0 amide bonds. The van der Waals surface area contributed by atoms with Crippen molar-refractivity contribution in [2.75, 3.05) is 31.6 Å². The number of nitrogens with zero attached hydrogens (tertiary/aromatic N) is 5. The summed E-state index contributed by atoms with van der Waals surface area (Å²) in [6, 6.07) is 10.4. The molecule has 0 spiro atoms. The predicted octanol–water partition coefficient (Wildman–Crippen LogP) is 2.01. The Kier molecular flexibility index (Phi) is 9.90. The number of halogens is 1. The van der Waals surface area contributed by atoms with Gasteiger partial charge in [-0.1, -0.05) is 18.2 Å². The minimum Gasteiger partial charge on any atom is -0.375 e. The molecule has 2 rings (SSSR count). The molecule has 0 aliphatic heterocycles. The van der Waals surface area contributed by atoms with Crippen LogP contribution in [0.1, 0.15) is 19.2 Å². The van der Waals surface area contributed by atoms with Gasteiger partial charge < -0.3 is 15.5 Å². The normalized spacial score (nSPS) is 10.9. The number of benzene rings is 1. The Morgan fingerprint density at radius 1 is 1.24 bits per heavy atom. The summed E-state index contributed by atoms with van der Waals surface area (Å²) in [6.45, 7) is 5.24. The summed E-state index contributed by atoms with van der Waals surface area (Å²) in [5, 5.41) is 10.7. The Labute approximate surface area is 166 Å². The van der Waals surface area contributed by atoms with Crippen LogP contribution in [0.5, 0.6) is 0 Å². The van der Waals surface area contributed by atoms with E-state index in [-0.39, 0.29) is 24.0 Å². The number of hydrogen-bond donors (Lipinski definition) is 2. The van der Waals surface area contributed by atoms with E-state index in [4.69, 9.17) is 0 Å². The van der Waals surface area contributed by atoms with Gasteiger partial charge in [0.25, 0.3) is 0 Å². The Morgan fingerprint density at radius 2 is 2.00 bits per heavy atom. The fourth-order valence-corrected chi connectivity index (χ4v) is 2.29. The fraction of sp³-hybridized carbons (Fsp3) is 0.471. The molecule has 0 radical (unpaired) electrons. The molecule has 1 aromatic carbocycles. The lowest BCUT2D eigenvalue weighted by molar-refractivity contribution is 0.693. The Morgan fingerprint density at radius 3 is 2.64 bits per heavy atom. The van der Waals surface area contributed by atoms with Crippen molar-refractivity contribution < 1.29 is 0 Å². The van der Waals surface area contributed by atoms with E-state index in [0.717, 1.165) is 37.8 Å². The molecule has 0 fully saturated rings. The Balaban J connectivity index is 0.00000312. The number of para-hydroxylation sites is 1. The largest absolute Gasteiger partial charge is 0.375 e. The van der Waals surface area contributed by atoms with Gasteiger partial charge in [0.15, 0.2) is 5.96 Å². The molecule has 0 bridgehead atoms. The van der Waals surface area contributed by atoms with E-state index in [9.17, 15) is 0 Å². The van der Waals surface area contributed by atoms with E-state index in [0.29, 0.717) is 6.54 Å². The van der Waals surface area contributed by atoms with Gasteiger partial charge in [-0.3, -0.25) is 4.68 Å². The second-order valence-electron chi connectivity index (χ2n) is 5.53. The first-order valence-electron chi connectivity index (χ1n) is 8.32. The maximum atomic E-state index is 4.55. The van der Waals surface area contributed by atoms with E-state index in [1.165, 1.54) is 5.69 Å². The first-order valence-corrected chi connectivity index (χ1v) is 8.32. The van der Waals surface area contributed by atoms with Crippen LogP contribution in [0.3, 0.4) is 0 Å². The van der Waals surface area contributed by atoms with E-state index in [2.05, 4.69) is 68.8 Å². The SMILES string of the molecule is CCNC(=NCc1ncnn1C)NCCCN(C)c1ccccc1.I. The van der Waals surface area contributed by atoms with Crippen molar-refractivity contribution in [3.63, 3.8) is 0 Å². The third-order valence-corrected chi connectivity index (χ3v) is 3.69. The molecule has 0 saturated carbocycles. The molecule has 1 aromatic heterocycles. The monoisotopic (exact) mass is 457 g/mol. The maximum absolute atomic E-state index is 4.55. The van der Waals surface area contributed by atoms with Gasteiger partial charge in [0.05, 0.1) is 0 Å². The number of aliphatic imine (C=N–C) groups is 1. The number of aryl methyl sites for hydroxylation is 1. The number of nitrogens with one attached hydrogen (secondary N) is 2. The lowest BCUT2D eigenvalue weighted by Crippen LogP contribution is -2.38. The quantitative estimate of drug-likeness (QED) is 0.275. The third-order valence-electron chi connectivity index (χ3n) is 3.69. The zero-order valence-electron chi connectivity index (χ0n) is 15.1. The van der Waals surface area contributed by atoms with Gasteiger partial charge >= 0.3 is 0 Å². The summed E-state index contributed by atoms with van der Waals surface area (Å²) in [7, 11) is 3.99. The highest BCUT2D eigenvalue weighted by molar-refractivity contribution is 14.0. The number of rotatable bonds is 8. The van der Waals surface area contributed by atoms with Crippen LogP contribution in [-0.4, -0.2) is 47.4 Å². The molecular weight excluding hydrogens is 429 g/mol. The van der Waals surface area contributed by atoms with Crippen molar-refractivity contribution >= 4 is 35.6 Å². The van der Waals surface area contributed by atoms with Gasteiger partial charge in [-0.2, -0.15) is 5.10 Å². The fourth-order valence-electron chi connectivity index (χ4n) is 2.29. The molecule has 0 unspecified atom stereocenters. The summed E-state index contributed by atoms with van der Waals surface area (Å²) in [5.74, 6) is 1.65. The van der Waals surface area contributed by atoms with Crippen molar-refractivity contribution in [3.8, 4) is 0 Å². The molecule has 138 valence electrons. The van der Waals surface area contributed by atoms with Crippen molar-refractivity contribution in [2.24, 2.45) is 12.0 Å². The molecule has 7 nitrogen and oxygen atoms in total. The first kappa shape index (κ1) is 21.2. The van der Waals surface area contributed by atoms with Crippen molar-refractivity contribution in [1.29, 1.82) is 0 Å². The number of guanidine groups is 1. The minimum absolute atomic E-state index is 0. The highest BCUT2D eigenvalue weighted by atomic mass is 127. The summed E-state index contributed by atoms with van der Waals surface area (Å²) in [4.78, 5) is 11.0. The van der Waals surface area contributed by atoms with Gasteiger partial charge in [-0.25, -0.2) is 9.98 Å². The number of aromatic nitrogens is 3. The van der Waals surface area contributed by atoms with Crippen molar-refractivity contribution in [2.45, 2.75) is 19.9 Å². The predicted molar refractivity (Wildman–Crippen MR) is 114 cm³/mol. The van der Waals surface area contributed by atoms with Gasteiger partial charge in [0.1, 0.15) is 18.7 Å². The molecule has 0 atom stereocenters. The van der Waals surface area contributed by atoms with E-state index >= 15 is 0 Å². The van der Waals surface area contributed by atoms with Gasteiger partial charge in [-0.15, -0.1) is 24.0 Å². The summed E-state index contributed by atoms with van der Waals surface area (Å²) < 4.78 is 1.74. The summed E-state index contributed by atoms with van der Waals surface area (Å²) >= 11 is 0. The Hall–Kier alpha value is -1.84. The highest BCUT2D eigenvalue weighted by Gasteiger charge is 2.02. The van der Waals surface area contributed by atoms with Gasteiger partial charge in [0, 0.05) is 39.4 Å². The summed E-state index contributed by atoms with van der Waals surface area (Å²) in [6.07, 6.45) is 2.57. The maximum Gasteiger partial charge on any atom is 0.191 e. The first-order chi connectivity index (χ1) is 11.7. The lowest BCUT2D eigenvalue weighted by atomic mass is 10.3. The standard InChI is InChI=1S/C17H27N7.HI/c1-4-18-17(20-13-16-21-14-22-24(16)3)19-11-8-12-23(2)15-9-6-5-7-10-15;/h5-7,9-10,14H,4,8,11-13H2,1-3H3,(H2,18,19,20);1H. The molecule has 0 saturated heterocycles. The molecular formula is C17H28IN7. The number of anilines is 1. The number of hydrogen-bond acceptors (Lipinski definition) is 4. The molecule has 0 aliphatic carbocycles. The second kappa shape index (κ2) is 11.7. The third kappa shape index (κ3) is 7.29. The molecule has 1 heterocycles. The Bertz CT molecular complexity index is 627. The zero-order chi connectivity index (χ0) is 17.2. The molecule has 0 aliphatic rings. The van der Waals surface area contributed by atoms with Crippen LogP contribution in [0.4, 0.5) is 5.69 Å². The van der Waals surface area contributed by atoms with Crippen LogP contribution >= 0.6 is 24.0 Å². The molecule has 2 aromatic rings. The average Bonchev–Trinajstić information content (AvgIpc) is 3.02. The van der Waals surface area contributed by atoms with Crippen LogP contribution in [0, 0.1) is 0 Å². The van der Waals surface area contributed by atoms with Gasteiger partial charge in [0.2, 0.25) is 0 Å². The molecule has 2 N–H and O–H groups in total. The van der Waals surface area contributed by atoms with E-state index < -0.39 is 0 Å². The molecule has 8 heteroatoms. The average molecular weight is 457 g/mol. The van der Waals surface area contributed by atoms with Crippen LogP contribution < -0.4 is 15.5 Å². The summed E-state index contributed by atoms with van der Waals surface area (Å²) in [5.41, 5.74) is 1.24. The van der Waals surface area contributed by atoms with Crippen LogP contribution in [-0.2, 0) is 13.6 Å². The van der Waals surface area contributed by atoms with Crippen molar-refractivity contribution in [1.82, 2.24) is 25.4 Å². The minimum atomic E-state index is 0. The topological polar surface area (TPSA) is 70.4 Å². The van der Waals surface area contributed by atoms with Crippen LogP contribution in [0.25, 0.3) is 0 Å². The van der Waals surface area contributed by atoms with E-state index in [1.54, 1.807) is 11.0 Å². The van der Waals surface area contributed by atoms with Gasteiger partial charge in [-0.05, 0) is 25.5 Å². The van der Waals surface area contributed by atoms with E-state index in [1.807, 2.05) is 13.1 Å². The van der Waals surface area contributed by atoms with Crippen LogP contribution in [0.15, 0.2) is 41.7 Å². The second-order valence-corrected chi connectivity index (χ2v) is 5.53. The van der Waals surface area contributed by atoms with Crippen molar-refractivity contribution in [3.05, 3.63) is 42.5 Å².